The Balaban J connectivity index is 2.44. The maximum absolute atomic E-state index is 13.7. The third kappa shape index (κ3) is 2.60. The van der Waals surface area contributed by atoms with Crippen LogP contribution in [-0.4, -0.2) is 47.3 Å². The molecule has 0 radical (unpaired) electrons. The molecule has 4 N–H and O–H groups in total. The summed E-state index contributed by atoms with van der Waals surface area (Å²) in [5.41, 5.74) is 5.97. The van der Waals surface area contributed by atoms with Gasteiger partial charge in [0.1, 0.15) is 10.7 Å². The first-order chi connectivity index (χ1) is 9.60. The number of nitrogen functional groups attached to an aromatic ring is 1. The minimum Gasteiger partial charge on any atom is -0.397 e. The van der Waals surface area contributed by atoms with Crippen molar-refractivity contribution < 1.29 is 19.4 Å². The van der Waals surface area contributed by atoms with Gasteiger partial charge in [-0.25, -0.2) is 4.39 Å². The number of benzene rings is 1. The van der Waals surface area contributed by atoms with E-state index in [4.69, 9.17) is 15.9 Å². The SMILES string of the molecule is Nc1c(C(=O)N(CCO)CCO)sc2cccc(F)c12. The molecule has 108 valence electrons. The van der Waals surface area contributed by atoms with Gasteiger partial charge < -0.3 is 20.8 Å². The number of nitrogens with zero attached hydrogens (tertiary/aromatic N) is 1. The Morgan fingerprint density at radius 1 is 1.30 bits per heavy atom. The van der Waals surface area contributed by atoms with Gasteiger partial charge in [-0.05, 0) is 12.1 Å². The van der Waals surface area contributed by atoms with Crippen molar-refractivity contribution in [2.75, 3.05) is 32.0 Å². The summed E-state index contributed by atoms with van der Waals surface area (Å²) < 4.78 is 14.3. The number of hydrogen-bond donors (Lipinski definition) is 3. The molecule has 1 heterocycles. The lowest BCUT2D eigenvalue weighted by Crippen LogP contribution is -2.35. The fourth-order valence-corrected chi connectivity index (χ4v) is 3.09. The Morgan fingerprint density at radius 3 is 2.50 bits per heavy atom. The van der Waals surface area contributed by atoms with Gasteiger partial charge in [0.2, 0.25) is 0 Å². The Labute approximate surface area is 119 Å². The summed E-state index contributed by atoms with van der Waals surface area (Å²) in [5, 5.41) is 18.1. The number of hydrogen-bond acceptors (Lipinski definition) is 5. The predicted molar refractivity (Wildman–Crippen MR) is 76.3 cm³/mol. The molecule has 0 aliphatic carbocycles. The van der Waals surface area contributed by atoms with E-state index in [1.54, 1.807) is 12.1 Å². The second-order valence-electron chi connectivity index (χ2n) is 4.20. The van der Waals surface area contributed by atoms with Gasteiger partial charge in [-0.3, -0.25) is 4.79 Å². The fourth-order valence-electron chi connectivity index (χ4n) is 1.99. The number of thiophene rings is 1. The summed E-state index contributed by atoms with van der Waals surface area (Å²) >= 11 is 1.11. The molecule has 7 heteroatoms. The molecule has 1 aromatic carbocycles. The molecule has 1 aromatic heterocycles. The van der Waals surface area contributed by atoms with Crippen molar-refractivity contribution in [3.63, 3.8) is 0 Å². The van der Waals surface area contributed by atoms with Gasteiger partial charge in [-0.2, -0.15) is 0 Å². The van der Waals surface area contributed by atoms with Crippen molar-refractivity contribution in [1.29, 1.82) is 0 Å². The zero-order chi connectivity index (χ0) is 14.7. The van der Waals surface area contributed by atoms with Crippen LogP contribution >= 0.6 is 11.3 Å². The van der Waals surface area contributed by atoms with E-state index in [1.165, 1.54) is 11.0 Å². The van der Waals surface area contributed by atoms with Crippen LogP contribution in [0, 0.1) is 5.82 Å². The van der Waals surface area contributed by atoms with Crippen molar-refractivity contribution in [2.45, 2.75) is 0 Å². The number of halogens is 1. The Morgan fingerprint density at radius 2 is 1.95 bits per heavy atom. The number of amides is 1. The topological polar surface area (TPSA) is 86.8 Å². The van der Waals surface area contributed by atoms with Crippen LogP contribution in [0.25, 0.3) is 10.1 Å². The second kappa shape index (κ2) is 6.17. The van der Waals surface area contributed by atoms with Crippen LogP contribution in [0.4, 0.5) is 10.1 Å². The molecule has 5 nitrogen and oxygen atoms in total. The fraction of sp³-hybridized carbons (Fsp3) is 0.308. The lowest BCUT2D eigenvalue weighted by molar-refractivity contribution is 0.0690. The van der Waals surface area contributed by atoms with E-state index in [0.29, 0.717) is 4.70 Å². The van der Waals surface area contributed by atoms with Crippen molar-refractivity contribution >= 4 is 33.0 Å². The smallest absolute Gasteiger partial charge is 0.266 e. The van der Waals surface area contributed by atoms with E-state index in [1.807, 2.05) is 0 Å². The number of fused-ring (bicyclic) bond motifs is 1. The maximum atomic E-state index is 13.7. The van der Waals surface area contributed by atoms with Crippen molar-refractivity contribution in [3.05, 3.63) is 28.9 Å². The average Bonchev–Trinajstić information content (AvgIpc) is 2.76. The van der Waals surface area contributed by atoms with Crippen LogP contribution in [0.2, 0.25) is 0 Å². The number of carbonyl (C=O) groups excluding carboxylic acids is 1. The van der Waals surface area contributed by atoms with Crippen LogP contribution in [0.1, 0.15) is 9.67 Å². The Hall–Kier alpha value is -1.70. The highest BCUT2D eigenvalue weighted by Crippen LogP contribution is 2.35. The van der Waals surface area contributed by atoms with Crippen LogP contribution < -0.4 is 5.73 Å². The maximum Gasteiger partial charge on any atom is 0.266 e. The third-order valence-electron chi connectivity index (χ3n) is 2.92. The molecule has 0 aliphatic heterocycles. The molecule has 0 bridgehead atoms. The largest absolute Gasteiger partial charge is 0.397 e. The summed E-state index contributed by atoms with van der Waals surface area (Å²) in [6.07, 6.45) is 0. The monoisotopic (exact) mass is 298 g/mol. The van der Waals surface area contributed by atoms with Gasteiger partial charge in [0.05, 0.1) is 24.3 Å². The highest BCUT2D eigenvalue weighted by atomic mass is 32.1. The molecule has 1 amide bonds. The van der Waals surface area contributed by atoms with Gasteiger partial charge in [-0.15, -0.1) is 11.3 Å². The zero-order valence-electron chi connectivity index (χ0n) is 10.7. The standard InChI is InChI=1S/C13H15FN2O3S/c14-8-2-1-3-9-10(8)11(15)12(20-9)13(19)16(4-6-17)5-7-18/h1-3,17-18H,4-7,15H2. The van der Waals surface area contributed by atoms with E-state index in [0.717, 1.165) is 11.3 Å². The number of rotatable bonds is 5. The first kappa shape index (κ1) is 14.7. The summed E-state index contributed by atoms with van der Waals surface area (Å²) in [6, 6.07) is 4.54. The van der Waals surface area contributed by atoms with Crippen LogP contribution in [0.3, 0.4) is 0 Å². The third-order valence-corrected chi connectivity index (χ3v) is 4.08. The molecular weight excluding hydrogens is 283 g/mol. The minimum absolute atomic E-state index is 0.0928. The van der Waals surface area contributed by atoms with Crippen molar-refractivity contribution in [3.8, 4) is 0 Å². The molecular formula is C13H15FN2O3S. The first-order valence-electron chi connectivity index (χ1n) is 6.07. The van der Waals surface area contributed by atoms with E-state index >= 15 is 0 Å². The van der Waals surface area contributed by atoms with Crippen LogP contribution in [0.5, 0.6) is 0 Å². The minimum atomic E-state index is -0.467. The van der Waals surface area contributed by atoms with E-state index in [-0.39, 0.29) is 42.3 Å². The predicted octanol–water partition coefficient (Wildman–Crippen LogP) is 1.05. The number of carbonyl (C=O) groups is 1. The molecule has 0 aliphatic rings. The summed E-state index contributed by atoms with van der Waals surface area (Å²) in [5.74, 6) is -0.877. The van der Waals surface area contributed by atoms with E-state index < -0.39 is 11.7 Å². The molecule has 0 spiro atoms. The normalized spacial score (nSPS) is 10.9. The number of aliphatic hydroxyl groups excluding tert-OH is 2. The lowest BCUT2D eigenvalue weighted by Gasteiger charge is -2.20. The van der Waals surface area contributed by atoms with Gasteiger partial charge >= 0.3 is 0 Å². The molecule has 0 unspecified atom stereocenters. The molecule has 2 rings (SSSR count). The Bertz CT molecular complexity index is 623. The Kier molecular flexibility index (Phi) is 4.53. The van der Waals surface area contributed by atoms with Gasteiger partial charge in [0.15, 0.2) is 0 Å². The molecule has 0 atom stereocenters. The second-order valence-corrected chi connectivity index (χ2v) is 5.25. The molecule has 0 saturated heterocycles. The molecule has 0 fully saturated rings. The zero-order valence-corrected chi connectivity index (χ0v) is 11.5. The quantitative estimate of drug-likeness (QED) is 0.770. The average molecular weight is 298 g/mol. The summed E-state index contributed by atoms with van der Waals surface area (Å²) in [7, 11) is 0. The molecule has 2 aromatic rings. The molecule has 20 heavy (non-hydrogen) atoms. The number of nitrogens with two attached hydrogens (primary N) is 1. The summed E-state index contributed by atoms with van der Waals surface area (Å²) in [6.45, 7) is -0.249. The highest BCUT2D eigenvalue weighted by molar-refractivity contribution is 7.21. The highest BCUT2D eigenvalue weighted by Gasteiger charge is 2.22. The number of anilines is 1. The van der Waals surface area contributed by atoms with Crippen LogP contribution in [0.15, 0.2) is 18.2 Å². The van der Waals surface area contributed by atoms with Gasteiger partial charge in [0, 0.05) is 17.8 Å². The van der Waals surface area contributed by atoms with E-state index in [2.05, 4.69) is 0 Å². The van der Waals surface area contributed by atoms with Crippen molar-refractivity contribution in [1.82, 2.24) is 4.90 Å². The van der Waals surface area contributed by atoms with Gasteiger partial charge in [-0.1, -0.05) is 6.07 Å². The summed E-state index contributed by atoms with van der Waals surface area (Å²) in [4.78, 5) is 13.9. The van der Waals surface area contributed by atoms with Gasteiger partial charge in [0.25, 0.3) is 5.91 Å². The molecule has 0 saturated carbocycles. The van der Waals surface area contributed by atoms with E-state index in [9.17, 15) is 9.18 Å². The van der Waals surface area contributed by atoms with Crippen LogP contribution in [-0.2, 0) is 0 Å². The number of aliphatic hydroxyl groups is 2. The first-order valence-corrected chi connectivity index (χ1v) is 6.89. The van der Waals surface area contributed by atoms with Crippen molar-refractivity contribution in [2.24, 2.45) is 0 Å². The lowest BCUT2D eigenvalue weighted by atomic mass is 10.2.